The van der Waals surface area contributed by atoms with Gasteiger partial charge in [-0.15, -0.1) is 0 Å². The quantitative estimate of drug-likeness (QED) is 0.201. The summed E-state index contributed by atoms with van der Waals surface area (Å²) in [7, 11) is 0. The Bertz CT molecular complexity index is 509. The average molecular weight is 367 g/mol. The summed E-state index contributed by atoms with van der Waals surface area (Å²) in [5.41, 5.74) is 15.2. The molecule has 25 heavy (non-hydrogen) atoms. The van der Waals surface area contributed by atoms with Gasteiger partial charge in [0, 0.05) is 0 Å². The second kappa shape index (κ2) is 11.7. The highest BCUT2D eigenvalue weighted by atomic mass is 16.5. The zero-order valence-corrected chi connectivity index (χ0v) is 13.2. The van der Waals surface area contributed by atoms with E-state index in [4.69, 9.17) is 37.6 Å². The lowest BCUT2D eigenvalue weighted by Crippen LogP contribution is -2.45. The van der Waals surface area contributed by atoms with Crippen LogP contribution in [0.3, 0.4) is 0 Å². The molecule has 0 aliphatic rings. The van der Waals surface area contributed by atoms with E-state index in [-0.39, 0.29) is 0 Å². The molecule has 0 rings (SSSR count). The number of hydrogen-bond acceptors (Lipinski definition) is 9. The van der Waals surface area contributed by atoms with Gasteiger partial charge in [0.25, 0.3) is 0 Å². The average Bonchev–Trinajstić information content (AvgIpc) is 2.45. The molecule has 13 heteroatoms. The van der Waals surface area contributed by atoms with Gasteiger partial charge in [0.2, 0.25) is 0 Å². The molecule has 0 amide bonds. The summed E-state index contributed by atoms with van der Waals surface area (Å²) in [4.78, 5) is 51.4. The van der Waals surface area contributed by atoms with Crippen molar-refractivity contribution in [1.29, 1.82) is 0 Å². The van der Waals surface area contributed by atoms with Gasteiger partial charge in [0.05, 0.1) is 12.8 Å². The van der Waals surface area contributed by atoms with Crippen LogP contribution in [0.1, 0.15) is 19.8 Å². The minimum atomic E-state index is -1.37. The third-order valence-electron chi connectivity index (χ3n) is 2.50. The molecule has 0 aromatic heterocycles. The minimum Gasteiger partial charge on any atom is -0.481 e. The van der Waals surface area contributed by atoms with Crippen molar-refractivity contribution in [1.82, 2.24) is 0 Å². The Labute approximate surface area is 141 Å². The van der Waals surface area contributed by atoms with E-state index in [0.717, 1.165) is 0 Å². The number of rotatable bonds is 9. The lowest BCUT2D eigenvalue weighted by atomic mass is 10.2. The molecule has 0 fully saturated rings. The Hall–Kier alpha value is -2.77. The minimum absolute atomic E-state index is 0.532. The van der Waals surface area contributed by atoms with E-state index in [0.29, 0.717) is 0 Å². The molecule has 0 saturated carbocycles. The molecule has 4 atom stereocenters. The lowest BCUT2D eigenvalue weighted by molar-refractivity contribution is -0.157. The van der Waals surface area contributed by atoms with Crippen molar-refractivity contribution in [2.45, 2.75) is 44.0 Å². The topological polar surface area (TPSA) is 254 Å². The van der Waals surface area contributed by atoms with Gasteiger partial charge in [0.15, 0.2) is 0 Å². The maximum Gasteiger partial charge on any atom is 0.324 e. The monoisotopic (exact) mass is 367 g/mol. The molecule has 0 spiro atoms. The first-order valence-corrected chi connectivity index (χ1v) is 6.66. The largest absolute Gasteiger partial charge is 0.481 e. The lowest BCUT2D eigenvalue weighted by Gasteiger charge is -2.18. The first-order valence-electron chi connectivity index (χ1n) is 6.66. The van der Waals surface area contributed by atoms with Crippen LogP contribution in [0, 0.1) is 0 Å². The number of nitrogens with two attached hydrogens (primary N) is 3. The van der Waals surface area contributed by atoms with Crippen LogP contribution in [0.4, 0.5) is 0 Å². The Morgan fingerprint density at radius 3 is 1.48 bits per heavy atom. The molecule has 0 aromatic carbocycles. The molecule has 144 valence electrons. The van der Waals surface area contributed by atoms with Gasteiger partial charge in [-0.05, 0) is 6.92 Å². The fourth-order valence-electron chi connectivity index (χ4n) is 1.09. The van der Waals surface area contributed by atoms with Gasteiger partial charge in [-0.2, -0.15) is 0 Å². The maximum atomic E-state index is 11.2. The van der Waals surface area contributed by atoms with Crippen LogP contribution in [-0.2, 0) is 28.7 Å². The number of hydrogen-bond donors (Lipinski definition) is 7. The van der Waals surface area contributed by atoms with Gasteiger partial charge in [-0.3, -0.25) is 24.0 Å². The van der Waals surface area contributed by atoms with Crippen molar-refractivity contribution in [3.63, 3.8) is 0 Å². The van der Waals surface area contributed by atoms with Crippen LogP contribution in [0.25, 0.3) is 0 Å². The summed E-state index contributed by atoms with van der Waals surface area (Å²) in [5, 5.41) is 32.9. The van der Waals surface area contributed by atoms with E-state index >= 15 is 0 Å². The van der Waals surface area contributed by atoms with E-state index in [2.05, 4.69) is 4.74 Å². The van der Waals surface area contributed by atoms with Crippen LogP contribution in [0.2, 0.25) is 0 Å². The van der Waals surface area contributed by atoms with E-state index in [1.807, 2.05) is 0 Å². The number of carbonyl (C=O) groups is 5. The van der Waals surface area contributed by atoms with Gasteiger partial charge in [-0.25, -0.2) is 0 Å². The van der Waals surface area contributed by atoms with E-state index < -0.39 is 66.9 Å². The van der Waals surface area contributed by atoms with Gasteiger partial charge < -0.3 is 42.4 Å². The Kier molecular flexibility index (Phi) is 11.5. The SMILES string of the molecule is CC(OC(=O)C(N)CC(=O)O)C(N)C(=O)O.NC(CC(=O)O)C(=O)O. The molecule has 4 unspecified atom stereocenters. The van der Waals surface area contributed by atoms with Gasteiger partial charge in [0.1, 0.15) is 24.2 Å². The number of carboxylic acid groups (broad SMARTS) is 4. The van der Waals surface area contributed by atoms with E-state index in [1.165, 1.54) is 6.92 Å². The molecular formula is C12H21N3O10. The van der Waals surface area contributed by atoms with Gasteiger partial charge >= 0.3 is 29.8 Å². The smallest absolute Gasteiger partial charge is 0.324 e. The van der Waals surface area contributed by atoms with Crippen LogP contribution in [-0.4, -0.2) is 74.5 Å². The van der Waals surface area contributed by atoms with Crippen LogP contribution in [0.15, 0.2) is 0 Å². The van der Waals surface area contributed by atoms with Crippen LogP contribution < -0.4 is 17.2 Å². The molecule has 0 heterocycles. The van der Waals surface area contributed by atoms with Gasteiger partial charge in [-0.1, -0.05) is 0 Å². The zero-order chi connectivity index (χ0) is 20.3. The zero-order valence-electron chi connectivity index (χ0n) is 13.2. The summed E-state index contributed by atoms with van der Waals surface area (Å²) >= 11 is 0. The van der Waals surface area contributed by atoms with Crippen molar-refractivity contribution in [3.8, 4) is 0 Å². The third-order valence-corrected chi connectivity index (χ3v) is 2.50. The molecule has 0 bridgehead atoms. The number of carbonyl (C=O) groups excluding carboxylic acids is 1. The highest BCUT2D eigenvalue weighted by molar-refractivity contribution is 5.82. The predicted octanol–water partition coefficient (Wildman–Crippen LogP) is -2.99. The first-order chi connectivity index (χ1) is 11.3. The number of aliphatic carboxylic acids is 4. The van der Waals surface area contributed by atoms with Crippen molar-refractivity contribution in [3.05, 3.63) is 0 Å². The number of esters is 1. The standard InChI is InChI=1S/C8H14N2O6.C4H7NO4/c1-3(6(10)7(13)14)16-8(15)4(9)2-5(11)12;5-2(4(8)9)1-3(6)7/h3-4,6H,2,9-10H2,1H3,(H,11,12)(H,13,14);2H,1,5H2,(H,6,7)(H,8,9). The highest BCUT2D eigenvalue weighted by Gasteiger charge is 2.26. The molecule has 0 aliphatic carbocycles. The molecule has 0 aliphatic heterocycles. The summed E-state index contributed by atoms with van der Waals surface area (Å²) in [6.45, 7) is 1.28. The fourth-order valence-corrected chi connectivity index (χ4v) is 1.09. The normalized spacial score (nSPS) is 14.7. The Balaban J connectivity index is 0. The second-order valence-corrected chi connectivity index (χ2v) is 4.75. The fraction of sp³-hybridized carbons (Fsp3) is 0.583. The van der Waals surface area contributed by atoms with Crippen molar-refractivity contribution in [2.24, 2.45) is 17.2 Å². The Morgan fingerprint density at radius 1 is 0.800 bits per heavy atom. The van der Waals surface area contributed by atoms with Crippen molar-refractivity contribution < 1.29 is 49.1 Å². The third kappa shape index (κ3) is 12.3. The first kappa shape index (κ1) is 24.5. The second-order valence-electron chi connectivity index (χ2n) is 4.75. The summed E-state index contributed by atoms with van der Waals surface area (Å²) < 4.78 is 4.60. The molecule has 13 nitrogen and oxygen atoms in total. The number of ether oxygens (including phenoxy) is 1. The van der Waals surface area contributed by atoms with E-state index in [9.17, 15) is 24.0 Å². The Morgan fingerprint density at radius 2 is 1.20 bits per heavy atom. The van der Waals surface area contributed by atoms with Crippen molar-refractivity contribution in [2.75, 3.05) is 0 Å². The molecule has 0 saturated heterocycles. The molecule has 10 N–H and O–H groups in total. The summed E-state index contributed by atoms with van der Waals surface area (Å²) in [6, 6.07) is -4.00. The van der Waals surface area contributed by atoms with Crippen LogP contribution >= 0.6 is 0 Å². The molecule has 0 aromatic rings. The maximum absolute atomic E-state index is 11.2. The van der Waals surface area contributed by atoms with E-state index in [1.54, 1.807) is 0 Å². The predicted molar refractivity (Wildman–Crippen MR) is 79.3 cm³/mol. The summed E-state index contributed by atoms with van der Waals surface area (Å²) in [6.07, 6.45) is -2.20. The highest BCUT2D eigenvalue weighted by Crippen LogP contribution is 2.01. The molecular weight excluding hydrogens is 346 g/mol. The van der Waals surface area contributed by atoms with Crippen LogP contribution in [0.5, 0.6) is 0 Å². The summed E-state index contributed by atoms with van der Waals surface area (Å²) in [5.74, 6) is -6.07. The molecule has 0 radical (unpaired) electrons. The number of carboxylic acids is 4. The van der Waals surface area contributed by atoms with Crippen molar-refractivity contribution >= 4 is 29.8 Å².